The van der Waals surface area contributed by atoms with Crippen LogP contribution in [0.4, 0.5) is 0 Å². The molecule has 1 fully saturated rings. The molecule has 0 bridgehead atoms. The van der Waals surface area contributed by atoms with Gasteiger partial charge in [-0.05, 0) is 55.6 Å². The lowest BCUT2D eigenvalue weighted by molar-refractivity contribution is 0.278. The first-order chi connectivity index (χ1) is 10.2. The summed E-state index contributed by atoms with van der Waals surface area (Å²) in [5, 5.41) is 3.79. The monoisotopic (exact) mass is 307 g/mol. The van der Waals surface area contributed by atoms with Gasteiger partial charge in [-0.15, -0.1) is 0 Å². The van der Waals surface area contributed by atoms with Crippen molar-refractivity contribution in [2.24, 2.45) is 0 Å². The highest BCUT2D eigenvalue weighted by molar-refractivity contribution is 8.00. The van der Waals surface area contributed by atoms with Gasteiger partial charge in [0.25, 0.3) is 0 Å². The third-order valence-electron chi connectivity index (χ3n) is 5.14. The van der Waals surface area contributed by atoms with Crippen LogP contribution in [-0.4, -0.2) is 30.7 Å². The van der Waals surface area contributed by atoms with Gasteiger partial charge in [0.05, 0.1) is 7.11 Å². The van der Waals surface area contributed by atoms with Crippen LogP contribution in [0.1, 0.15) is 51.0 Å². The molecule has 2 nitrogen and oxygen atoms in total. The quantitative estimate of drug-likeness (QED) is 0.766. The van der Waals surface area contributed by atoms with E-state index in [1.807, 2.05) is 17.8 Å². The first-order valence-electron chi connectivity index (χ1n) is 8.08. The van der Waals surface area contributed by atoms with E-state index in [0.717, 1.165) is 12.3 Å². The van der Waals surface area contributed by atoms with E-state index in [4.69, 9.17) is 4.74 Å². The van der Waals surface area contributed by atoms with E-state index in [0.29, 0.717) is 16.7 Å². The molecule has 118 valence electrons. The number of methoxy groups -OCH3 is 1. The zero-order valence-corrected chi connectivity index (χ0v) is 14.6. The topological polar surface area (TPSA) is 21.3 Å². The molecule has 1 N–H and O–H groups in total. The molecule has 0 unspecified atom stereocenters. The molecule has 1 aromatic rings. The Labute approximate surface area is 134 Å². The number of thioether (sulfide) groups is 1. The fourth-order valence-corrected chi connectivity index (χ4v) is 3.95. The fourth-order valence-electron chi connectivity index (χ4n) is 3.14. The van der Waals surface area contributed by atoms with Gasteiger partial charge in [0, 0.05) is 17.3 Å². The molecule has 1 saturated carbocycles. The summed E-state index contributed by atoms with van der Waals surface area (Å²) in [6.07, 6.45) is 7.23. The molecule has 2 rings (SSSR count). The number of ether oxygens (including phenoxy) is 1. The molecule has 1 aromatic carbocycles. The van der Waals surface area contributed by atoms with Gasteiger partial charge in [-0.1, -0.05) is 26.0 Å². The first-order valence-corrected chi connectivity index (χ1v) is 9.31. The number of hydrogen-bond donors (Lipinski definition) is 1. The lowest BCUT2D eigenvalue weighted by Gasteiger charge is -2.40. The van der Waals surface area contributed by atoms with Crippen molar-refractivity contribution in [2.75, 3.05) is 19.9 Å². The van der Waals surface area contributed by atoms with Crippen LogP contribution in [0.25, 0.3) is 0 Å². The van der Waals surface area contributed by atoms with Crippen LogP contribution in [0.3, 0.4) is 0 Å². The van der Waals surface area contributed by atoms with Gasteiger partial charge >= 0.3 is 0 Å². The molecule has 0 spiro atoms. The summed E-state index contributed by atoms with van der Waals surface area (Å²) >= 11 is 2.02. The summed E-state index contributed by atoms with van der Waals surface area (Å²) in [5.74, 6) is 1.67. The molecule has 1 aliphatic rings. The number of benzene rings is 1. The summed E-state index contributed by atoms with van der Waals surface area (Å²) in [4.78, 5) is 0. The van der Waals surface area contributed by atoms with Crippen LogP contribution in [0, 0.1) is 0 Å². The summed E-state index contributed by atoms with van der Waals surface area (Å²) < 4.78 is 5.74. The first kappa shape index (κ1) is 16.7. The molecule has 3 heteroatoms. The van der Waals surface area contributed by atoms with Gasteiger partial charge in [-0.2, -0.15) is 11.8 Å². The van der Waals surface area contributed by atoms with Crippen molar-refractivity contribution in [3.05, 3.63) is 29.8 Å². The van der Waals surface area contributed by atoms with Crippen LogP contribution in [0.5, 0.6) is 5.75 Å². The maximum atomic E-state index is 5.32. The molecule has 1 aliphatic carbocycles. The van der Waals surface area contributed by atoms with E-state index in [1.165, 1.54) is 31.2 Å². The van der Waals surface area contributed by atoms with E-state index < -0.39 is 0 Å². The average molecular weight is 308 g/mol. The summed E-state index contributed by atoms with van der Waals surface area (Å²) in [6, 6.07) is 9.22. The zero-order chi connectivity index (χ0) is 15.3. The van der Waals surface area contributed by atoms with Crippen molar-refractivity contribution in [3.8, 4) is 5.75 Å². The Morgan fingerprint density at radius 1 is 1.29 bits per heavy atom. The molecule has 0 amide bonds. The standard InChI is InChI=1S/C18H29NOS/c1-5-18(6-2,21-4)13-19-16-10-15(11-16)14-8-7-9-17(12-14)20-3/h7-9,12,15-16,19H,5-6,10-11,13H2,1-4H3. The molecule has 0 atom stereocenters. The van der Waals surface area contributed by atoms with Gasteiger partial charge in [0.1, 0.15) is 5.75 Å². The van der Waals surface area contributed by atoms with Gasteiger partial charge in [0.15, 0.2) is 0 Å². The minimum absolute atomic E-state index is 0.418. The Balaban J connectivity index is 1.81. The van der Waals surface area contributed by atoms with Crippen LogP contribution in [0.15, 0.2) is 24.3 Å². The van der Waals surface area contributed by atoms with Crippen molar-refractivity contribution in [1.29, 1.82) is 0 Å². The highest BCUT2D eigenvalue weighted by Crippen LogP contribution is 2.39. The van der Waals surface area contributed by atoms with Gasteiger partial charge in [-0.25, -0.2) is 0 Å². The van der Waals surface area contributed by atoms with Crippen LogP contribution in [-0.2, 0) is 0 Å². The molecule has 0 heterocycles. The Bertz CT molecular complexity index is 430. The highest BCUT2D eigenvalue weighted by atomic mass is 32.2. The lowest BCUT2D eigenvalue weighted by atomic mass is 9.75. The van der Waals surface area contributed by atoms with Crippen LogP contribution in [0.2, 0.25) is 0 Å². The Morgan fingerprint density at radius 3 is 2.57 bits per heavy atom. The highest BCUT2D eigenvalue weighted by Gasteiger charge is 2.33. The van der Waals surface area contributed by atoms with Gasteiger partial charge < -0.3 is 10.1 Å². The van der Waals surface area contributed by atoms with Crippen molar-refractivity contribution >= 4 is 11.8 Å². The second-order valence-corrected chi connectivity index (χ2v) is 7.39. The smallest absolute Gasteiger partial charge is 0.119 e. The third-order valence-corrected chi connectivity index (χ3v) is 6.73. The molecule has 0 radical (unpaired) electrons. The molecular weight excluding hydrogens is 278 g/mol. The molecule has 0 saturated heterocycles. The van der Waals surface area contributed by atoms with Crippen molar-refractivity contribution in [1.82, 2.24) is 5.32 Å². The van der Waals surface area contributed by atoms with Crippen LogP contribution < -0.4 is 10.1 Å². The average Bonchev–Trinajstić information content (AvgIpc) is 2.50. The predicted octanol–water partition coefficient (Wildman–Crippen LogP) is 4.45. The summed E-state index contributed by atoms with van der Waals surface area (Å²) in [7, 11) is 1.74. The zero-order valence-electron chi connectivity index (χ0n) is 13.8. The number of rotatable bonds is 8. The minimum Gasteiger partial charge on any atom is -0.497 e. The third kappa shape index (κ3) is 3.95. The molecular formula is C18H29NOS. The SMILES string of the molecule is CCC(CC)(CNC1CC(c2cccc(OC)c2)C1)SC. The fraction of sp³-hybridized carbons (Fsp3) is 0.667. The normalized spacial score (nSPS) is 21.9. The second-order valence-electron chi connectivity index (χ2n) is 6.12. The summed E-state index contributed by atoms with van der Waals surface area (Å²) in [5.41, 5.74) is 1.43. The maximum Gasteiger partial charge on any atom is 0.119 e. The predicted molar refractivity (Wildman–Crippen MR) is 93.6 cm³/mol. The summed E-state index contributed by atoms with van der Waals surface area (Å²) in [6.45, 7) is 5.75. The Kier molecular flexibility index (Phi) is 6.00. The van der Waals surface area contributed by atoms with Crippen molar-refractivity contribution in [3.63, 3.8) is 0 Å². The molecule has 21 heavy (non-hydrogen) atoms. The Hall–Kier alpha value is -0.670. The van der Waals surface area contributed by atoms with Gasteiger partial charge in [0.2, 0.25) is 0 Å². The van der Waals surface area contributed by atoms with E-state index in [2.05, 4.69) is 43.6 Å². The Morgan fingerprint density at radius 2 is 2.00 bits per heavy atom. The van der Waals surface area contributed by atoms with E-state index in [1.54, 1.807) is 7.11 Å². The second kappa shape index (κ2) is 7.55. The maximum absolute atomic E-state index is 5.32. The van der Waals surface area contributed by atoms with E-state index in [-0.39, 0.29) is 0 Å². The lowest BCUT2D eigenvalue weighted by Crippen LogP contribution is -2.46. The molecule has 0 aromatic heterocycles. The molecule has 0 aliphatic heterocycles. The van der Waals surface area contributed by atoms with Crippen molar-refractivity contribution in [2.45, 2.75) is 56.2 Å². The number of nitrogens with one attached hydrogen (secondary N) is 1. The van der Waals surface area contributed by atoms with Gasteiger partial charge in [-0.3, -0.25) is 0 Å². The number of hydrogen-bond acceptors (Lipinski definition) is 3. The largest absolute Gasteiger partial charge is 0.497 e. The van der Waals surface area contributed by atoms with Crippen molar-refractivity contribution < 1.29 is 4.74 Å². The van der Waals surface area contributed by atoms with Crippen LogP contribution >= 0.6 is 11.8 Å². The minimum atomic E-state index is 0.418. The van der Waals surface area contributed by atoms with E-state index in [9.17, 15) is 0 Å². The van der Waals surface area contributed by atoms with E-state index >= 15 is 0 Å².